The molecular formula is C57H72FN9O7. The fourth-order valence-corrected chi connectivity index (χ4v) is 12.0. The maximum Gasteiger partial charge on any atom is 0.272 e. The SMILES string of the molecule is O=C(N[C@@H](C(=O)N1CCC(OC2CCN(CC(=O)N3CCN(C(=O)c4cc(Cc5n[nH]c(=O)c6ccccc56)ccc4F)CC3)CC2)CC1)C1CCCCC1)c1cccc([C@@H]2CCCN(C(=O)CNC3CC3)C2)c1. The number of likely N-dealkylation sites (tertiary alicyclic amines) is 3. The molecule has 10 rings (SSSR count). The molecule has 4 aromatic rings. The molecule has 5 heterocycles. The molecule has 0 unspecified atom stereocenters. The average molecular weight is 1010 g/mol. The van der Waals surface area contributed by atoms with Crippen LogP contribution >= 0.6 is 0 Å². The highest BCUT2D eigenvalue weighted by Gasteiger charge is 2.37. The number of hydrogen-bond acceptors (Lipinski definition) is 10. The number of piperazine rings is 1. The van der Waals surface area contributed by atoms with E-state index >= 15 is 4.39 Å². The molecule has 4 aliphatic heterocycles. The maximum atomic E-state index is 15.1. The highest BCUT2D eigenvalue weighted by Crippen LogP contribution is 2.31. The molecule has 4 saturated heterocycles. The standard InChI is InChI=1S/C57H72FN9O7/c58-49-18-15-38(33-50-46-13-4-5-14-47(46)55(71)62-61-50)32-48(49)56(72)66-30-28-64(29-31-66)52(69)37-63-24-19-44(20-25-63)74-45-21-26-65(27-22-45)57(73)53(39-8-2-1-3-9-39)60-54(70)41-11-6-10-40(34-41)42-12-7-23-67(36-42)51(68)35-59-43-16-17-43/h4-6,10-11,13-15,18,32,34,39,42-45,53,59H,1-3,7-9,12,16-17,19-31,33,35-37H2,(H,60,70)(H,62,71)/t42-,53-/m1/s1. The highest BCUT2D eigenvalue weighted by molar-refractivity contribution is 5.98. The number of hydrogen-bond donors (Lipinski definition) is 3. The van der Waals surface area contributed by atoms with E-state index in [-0.39, 0.29) is 65.3 Å². The van der Waals surface area contributed by atoms with Crippen LogP contribution in [0.5, 0.6) is 0 Å². The number of ether oxygens (including phenoxy) is 1. The number of fused-ring (bicyclic) bond motifs is 1. The summed E-state index contributed by atoms with van der Waals surface area (Å²) in [7, 11) is 0. The zero-order valence-corrected chi connectivity index (χ0v) is 42.6. The molecule has 2 atom stereocenters. The van der Waals surface area contributed by atoms with Crippen LogP contribution in [0.4, 0.5) is 4.39 Å². The van der Waals surface area contributed by atoms with Gasteiger partial charge in [0.2, 0.25) is 17.7 Å². The van der Waals surface area contributed by atoms with E-state index in [9.17, 15) is 28.8 Å². The Bertz CT molecular complexity index is 2720. The van der Waals surface area contributed by atoms with Crippen LogP contribution in [0.15, 0.2) is 71.5 Å². The molecular weight excluding hydrogens is 942 g/mol. The molecule has 6 fully saturated rings. The smallest absolute Gasteiger partial charge is 0.272 e. The number of rotatable bonds is 15. The average Bonchev–Trinajstić information content (AvgIpc) is 4.28. The van der Waals surface area contributed by atoms with Crippen LogP contribution in [0.2, 0.25) is 0 Å². The fourth-order valence-electron chi connectivity index (χ4n) is 12.0. The number of H-pyrrole nitrogens is 1. The van der Waals surface area contributed by atoms with Crippen molar-refractivity contribution in [3.8, 4) is 0 Å². The summed E-state index contributed by atoms with van der Waals surface area (Å²) in [4.78, 5) is 90.2. The van der Waals surface area contributed by atoms with Gasteiger partial charge in [0, 0.05) is 94.8 Å². The van der Waals surface area contributed by atoms with Gasteiger partial charge < -0.3 is 35.0 Å². The lowest BCUT2D eigenvalue weighted by Gasteiger charge is -2.40. The van der Waals surface area contributed by atoms with Gasteiger partial charge in [-0.1, -0.05) is 55.7 Å². The first-order valence-electron chi connectivity index (χ1n) is 27.4. The fraction of sp³-hybridized carbons (Fsp3) is 0.561. The second kappa shape index (κ2) is 23.7. The molecule has 0 spiro atoms. The van der Waals surface area contributed by atoms with Crippen molar-refractivity contribution in [2.75, 3.05) is 78.5 Å². The summed E-state index contributed by atoms with van der Waals surface area (Å²) in [5.74, 6) is -0.855. The van der Waals surface area contributed by atoms with Gasteiger partial charge in [-0.2, -0.15) is 5.10 Å². The summed E-state index contributed by atoms with van der Waals surface area (Å²) in [6.07, 6.45) is 12.7. The van der Waals surface area contributed by atoms with E-state index in [4.69, 9.17) is 4.74 Å². The lowest BCUT2D eigenvalue weighted by molar-refractivity contribution is -0.140. The third-order valence-electron chi connectivity index (χ3n) is 16.5. The Morgan fingerprint density at radius 1 is 0.689 bits per heavy atom. The van der Waals surface area contributed by atoms with Crippen molar-refractivity contribution in [1.29, 1.82) is 0 Å². The Labute approximate surface area is 432 Å². The monoisotopic (exact) mass is 1010 g/mol. The lowest BCUT2D eigenvalue weighted by atomic mass is 9.83. The highest BCUT2D eigenvalue weighted by atomic mass is 19.1. The van der Waals surface area contributed by atoms with Crippen LogP contribution in [-0.4, -0.2) is 167 Å². The predicted molar refractivity (Wildman–Crippen MR) is 278 cm³/mol. The van der Waals surface area contributed by atoms with E-state index in [1.54, 1.807) is 34.1 Å². The Morgan fingerprint density at radius 3 is 2.15 bits per heavy atom. The van der Waals surface area contributed by atoms with Crippen molar-refractivity contribution < 1.29 is 33.1 Å². The number of nitrogens with zero attached hydrogens (tertiary/aromatic N) is 6. The Morgan fingerprint density at radius 2 is 1.41 bits per heavy atom. The summed E-state index contributed by atoms with van der Waals surface area (Å²) in [5.41, 5.74) is 2.61. The van der Waals surface area contributed by atoms with Gasteiger partial charge in [0.15, 0.2) is 0 Å². The van der Waals surface area contributed by atoms with E-state index in [2.05, 4.69) is 31.8 Å². The van der Waals surface area contributed by atoms with Crippen molar-refractivity contribution in [2.24, 2.45) is 5.92 Å². The Hall–Kier alpha value is -6.04. The first-order chi connectivity index (χ1) is 36.0. The van der Waals surface area contributed by atoms with Crippen molar-refractivity contribution in [2.45, 2.75) is 120 Å². The quantitative estimate of drug-likeness (QED) is 0.143. The molecule has 2 saturated carbocycles. The number of halogens is 1. The first-order valence-corrected chi connectivity index (χ1v) is 27.4. The number of benzene rings is 3. The van der Waals surface area contributed by atoms with Crippen LogP contribution in [0.1, 0.15) is 127 Å². The molecule has 394 valence electrons. The minimum Gasteiger partial charge on any atom is -0.375 e. The Balaban J connectivity index is 0.654. The number of carbonyl (C=O) groups is 5. The van der Waals surface area contributed by atoms with E-state index in [1.807, 2.05) is 40.1 Å². The summed E-state index contributed by atoms with van der Waals surface area (Å²) in [6.45, 7) is 6.03. The normalized spacial score (nSPS) is 21.2. The Kier molecular flexibility index (Phi) is 16.5. The molecule has 5 amide bonds. The molecule has 6 aliphatic rings. The van der Waals surface area contributed by atoms with Gasteiger partial charge in [-0.05, 0) is 112 Å². The van der Waals surface area contributed by atoms with Gasteiger partial charge in [-0.25, -0.2) is 9.49 Å². The van der Waals surface area contributed by atoms with E-state index in [0.717, 1.165) is 109 Å². The minimum atomic E-state index is -0.612. The summed E-state index contributed by atoms with van der Waals surface area (Å²) >= 11 is 0. The second-order valence-corrected chi connectivity index (χ2v) is 21.7. The molecule has 16 nitrogen and oxygen atoms in total. The number of amides is 5. The third kappa shape index (κ3) is 12.5. The van der Waals surface area contributed by atoms with Crippen LogP contribution in [0, 0.1) is 11.7 Å². The number of aromatic nitrogens is 2. The number of carbonyl (C=O) groups excluding carboxylic acids is 5. The van der Waals surface area contributed by atoms with Gasteiger partial charge in [-0.3, -0.25) is 33.7 Å². The van der Waals surface area contributed by atoms with Gasteiger partial charge in [0.1, 0.15) is 11.9 Å². The third-order valence-corrected chi connectivity index (χ3v) is 16.5. The second-order valence-electron chi connectivity index (χ2n) is 21.7. The van der Waals surface area contributed by atoms with Crippen LogP contribution in [0.3, 0.4) is 0 Å². The van der Waals surface area contributed by atoms with Gasteiger partial charge in [0.25, 0.3) is 17.4 Å². The summed E-state index contributed by atoms with van der Waals surface area (Å²) in [5, 5.41) is 14.6. The number of piperidine rings is 3. The molecule has 2 aliphatic carbocycles. The minimum absolute atomic E-state index is 0.00151. The predicted octanol–water partition coefficient (Wildman–Crippen LogP) is 5.25. The molecule has 17 heteroatoms. The topological polar surface area (TPSA) is 181 Å². The largest absolute Gasteiger partial charge is 0.375 e. The molecule has 3 aromatic carbocycles. The van der Waals surface area contributed by atoms with Crippen LogP contribution in [0.25, 0.3) is 10.8 Å². The molecule has 74 heavy (non-hydrogen) atoms. The molecule has 3 N–H and O–H groups in total. The van der Waals surface area contributed by atoms with Gasteiger partial charge in [-0.15, -0.1) is 0 Å². The van der Waals surface area contributed by atoms with Crippen LogP contribution in [-0.2, 0) is 25.5 Å². The first kappa shape index (κ1) is 51.4. The maximum absolute atomic E-state index is 15.1. The van der Waals surface area contributed by atoms with Crippen molar-refractivity contribution in [3.63, 3.8) is 0 Å². The van der Waals surface area contributed by atoms with E-state index in [0.29, 0.717) is 92.4 Å². The van der Waals surface area contributed by atoms with Crippen molar-refractivity contribution in [3.05, 3.63) is 111 Å². The zero-order chi connectivity index (χ0) is 51.1. The lowest BCUT2D eigenvalue weighted by Crippen LogP contribution is -2.55. The van der Waals surface area contributed by atoms with E-state index in [1.165, 1.54) is 6.07 Å². The number of aromatic amines is 1. The summed E-state index contributed by atoms with van der Waals surface area (Å²) < 4.78 is 21.8. The summed E-state index contributed by atoms with van der Waals surface area (Å²) in [6, 6.07) is 19.3. The van der Waals surface area contributed by atoms with Crippen molar-refractivity contribution in [1.82, 2.24) is 45.3 Å². The number of nitrogens with one attached hydrogen (secondary N) is 3. The molecule has 0 radical (unpaired) electrons. The van der Waals surface area contributed by atoms with Gasteiger partial charge >= 0.3 is 0 Å². The van der Waals surface area contributed by atoms with Crippen molar-refractivity contribution >= 4 is 40.3 Å². The molecule has 1 aromatic heterocycles. The van der Waals surface area contributed by atoms with E-state index < -0.39 is 17.8 Å². The van der Waals surface area contributed by atoms with Gasteiger partial charge in [0.05, 0.1) is 41.9 Å². The van der Waals surface area contributed by atoms with Crippen LogP contribution < -0.4 is 16.2 Å². The zero-order valence-electron chi connectivity index (χ0n) is 42.6. The molecule has 0 bridgehead atoms.